The Hall–Kier alpha value is -4.57. The second-order valence-corrected chi connectivity index (χ2v) is 8.57. The second kappa shape index (κ2) is 9.82. The summed E-state index contributed by atoms with van der Waals surface area (Å²) in [7, 11) is 0. The maximum Gasteiger partial charge on any atom is 0.254 e. The minimum absolute atomic E-state index is 0.00421. The first-order chi connectivity index (χ1) is 17.9. The zero-order chi connectivity index (χ0) is 26.1. The number of aliphatic hydroxyl groups is 1. The number of halogens is 2. The third-order valence-electron chi connectivity index (χ3n) is 6.23. The summed E-state index contributed by atoms with van der Waals surface area (Å²) in [6, 6.07) is 11.0. The van der Waals surface area contributed by atoms with Crippen molar-refractivity contribution in [2.75, 3.05) is 18.5 Å². The summed E-state index contributed by atoms with van der Waals surface area (Å²) in [6.07, 6.45) is 4.72. The predicted octanol–water partition coefficient (Wildman–Crippen LogP) is 3.96. The number of hydrogen-bond donors (Lipinski definition) is 3. The van der Waals surface area contributed by atoms with Crippen LogP contribution in [-0.4, -0.2) is 33.7 Å². The minimum Gasteiger partial charge on any atom is -0.454 e. The predicted molar refractivity (Wildman–Crippen MR) is 133 cm³/mol. The molecule has 0 saturated heterocycles. The van der Waals surface area contributed by atoms with Crippen LogP contribution in [-0.2, 0) is 0 Å². The molecule has 3 heterocycles. The van der Waals surface area contributed by atoms with Gasteiger partial charge in [0.1, 0.15) is 22.9 Å². The number of hydrogen-bond acceptors (Lipinski definition) is 6. The summed E-state index contributed by atoms with van der Waals surface area (Å²) >= 11 is 0. The van der Waals surface area contributed by atoms with Gasteiger partial charge in [0.15, 0.2) is 11.6 Å². The van der Waals surface area contributed by atoms with Crippen LogP contribution in [0, 0.1) is 11.6 Å². The number of nitrogens with two attached hydrogens (primary N) is 1. The molecule has 1 aliphatic rings. The van der Waals surface area contributed by atoms with Crippen molar-refractivity contribution in [3.8, 4) is 28.3 Å². The summed E-state index contributed by atoms with van der Waals surface area (Å²) in [5.41, 5.74) is 6.06. The molecule has 0 radical (unpaired) electrons. The van der Waals surface area contributed by atoms with Crippen molar-refractivity contribution >= 4 is 11.7 Å². The molecule has 188 valence electrons. The quantitative estimate of drug-likeness (QED) is 0.351. The molecule has 37 heavy (non-hydrogen) atoms. The smallest absolute Gasteiger partial charge is 0.254 e. The molecule has 2 aromatic heterocycles. The van der Waals surface area contributed by atoms with Gasteiger partial charge in [0, 0.05) is 60.5 Å². The summed E-state index contributed by atoms with van der Waals surface area (Å²) in [6.45, 7) is 0.589. The maximum absolute atomic E-state index is 15.2. The molecule has 0 aliphatic carbocycles. The van der Waals surface area contributed by atoms with E-state index >= 15 is 4.39 Å². The number of aliphatic hydroxyl groups excluding tert-OH is 1. The van der Waals surface area contributed by atoms with E-state index in [9.17, 15) is 19.1 Å². The van der Waals surface area contributed by atoms with Gasteiger partial charge < -0.3 is 25.5 Å². The van der Waals surface area contributed by atoms with Crippen molar-refractivity contribution in [1.29, 1.82) is 0 Å². The lowest BCUT2D eigenvalue weighted by molar-refractivity contribution is 0.0998. The maximum atomic E-state index is 15.2. The Labute approximate surface area is 210 Å². The molecule has 1 amide bonds. The summed E-state index contributed by atoms with van der Waals surface area (Å²) in [5.74, 6) is -1.11. The molecule has 8 nitrogen and oxygen atoms in total. The van der Waals surface area contributed by atoms with Crippen LogP contribution in [0.5, 0.6) is 11.5 Å². The molecule has 2 aromatic carbocycles. The molecule has 4 aromatic rings. The Kier molecular flexibility index (Phi) is 6.41. The first-order valence-corrected chi connectivity index (χ1v) is 11.5. The summed E-state index contributed by atoms with van der Waals surface area (Å²) < 4.78 is 35.9. The van der Waals surface area contributed by atoms with Crippen LogP contribution in [0.3, 0.4) is 0 Å². The van der Waals surface area contributed by atoms with E-state index in [-0.39, 0.29) is 29.4 Å². The number of pyridine rings is 2. The van der Waals surface area contributed by atoms with Gasteiger partial charge in [-0.1, -0.05) is 12.1 Å². The van der Waals surface area contributed by atoms with Gasteiger partial charge in [-0.05, 0) is 42.3 Å². The average molecular weight is 504 g/mol. The number of amides is 1. The molecule has 0 bridgehead atoms. The highest BCUT2D eigenvalue weighted by Crippen LogP contribution is 2.41. The zero-order valence-corrected chi connectivity index (χ0v) is 19.4. The van der Waals surface area contributed by atoms with Crippen LogP contribution < -0.4 is 21.2 Å². The van der Waals surface area contributed by atoms with Gasteiger partial charge in [0.25, 0.3) is 5.91 Å². The fourth-order valence-electron chi connectivity index (χ4n) is 4.39. The number of primary amides is 1. The Balaban J connectivity index is 1.52. The zero-order valence-electron chi connectivity index (χ0n) is 19.4. The van der Waals surface area contributed by atoms with Crippen molar-refractivity contribution < 1.29 is 23.4 Å². The monoisotopic (exact) mass is 504 g/mol. The average Bonchev–Trinajstić information content (AvgIpc) is 3.30. The standard InChI is InChI=1S/C27H22F2N4O4/c28-17-3-1-15(2-4-17)19-13-33(14-20(25(19)35)26(30)36)18-5-6-22(21(29)11-18)37-23-7-9-31-27-24(23)16(8-10-34)12-32-27/h1-7,9,11,13-14,16,34H,8,10,12H2,(H2,30,36)(H,31,32). The first kappa shape index (κ1) is 24.1. The molecule has 5 rings (SSSR count). The van der Waals surface area contributed by atoms with E-state index in [1.54, 1.807) is 18.3 Å². The number of rotatable bonds is 7. The molecule has 1 unspecified atom stereocenters. The van der Waals surface area contributed by atoms with Gasteiger partial charge >= 0.3 is 0 Å². The normalized spacial score (nSPS) is 14.2. The fourth-order valence-corrected chi connectivity index (χ4v) is 4.39. The van der Waals surface area contributed by atoms with Crippen LogP contribution in [0.1, 0.15) is 28.3 Å². The highest BCUT2D eigenvalue weighted by Gasteiger charge is 2.27. The lowest BCUT2D eigenvalue weighted by Crippen LogP contribution is -2.24. The van der Waals surface area contributed by atoms with E-state index in [2.05, 4.69) is 10.3 Å². The van der Waals surface area contributed by atoms with Gasteiger partial charge in [-0.25, -0.2) is 13.8 Å². The Morgan fingerprint density at radius 1 is 1.14 bits per heavy atom. The van der Waals surface area contributed by atoms with Gasteiger partial charge in [0.2, 0.25) is 5.43 Å². The minimum atomic E-state index is -0.944. The highest BCUT2D eigenvalue weighted by atomic mass is 19.1. The van der Waals surface area contributed by atoms with Crippen LogP contribution in [0.2, 0.25) is 0 Å². The number of carbonyl (C=O) groups excluding carboxylic acids is 1. The SMILES string of the molecule is NC(=O)c1cn(-c2ccc(Oc3ccnc4c3C(CCO)CN4)c(F)c2)cc(-c2ccc(F)cc2)c1=O. The van der Waals surface area contributed by atoms with E-state index in [0.717, 1.165) is 5.56 Å². The first-order valence-electron chi connectivity index (χ1n) is 11.5. The second-order valence-electron chi connectivity index (χ2n) is 8.57. The number of carbonyl (C=O) groups is 1. The van der Waals surface area contributed by atoms with Gasteiger partial charge in [-0.3, -0.25) is 9.59 Å². The largest absolute Gasteiger partial charge is 0.454 e. The van der Waals surface area contributed by atoms with Crippen LogP contribution in [0.4, 0.5) is 14.6 Å². The van der Waals surface area contributed by atoms with Gasteiger partial charge in [-0.15, -0.1) is 0 Å². The third kappa shape index (κ3) is 4.66. The number of nitrogens with zero attached hydrogens (tertiary/aromatic N) is 2. The Morgan fingerprint density at radius 2 is 1.92 bits per heavy atom. The third-order valence-corrected chi connectivity index (χ3v) is 6.23. The Morgan fingerprint density at radius 3 is 2.62 bits per heavy atom. The van der Waals surface area contributed by atoms with E-state index in [0.29, 0.717) is 35.8 Å². The lowest BCUT2D eigenvalue weighted by atomic mass is 9.99. The number of fused-ring (bicyclic) bond motifs is 1. The van der Waals surface area contributed by atoms with Crippen molar-refractivity contribution in [2.45, 2.75) is 12.3 Å². The summed E-state index contributed by atoms with van der Waals surface area (Å²) in [5, 5.41) is 12.5. The van der Waals surface area contributed by atoms with Crippen LogP contribution in [0.25, 0.3) is 16.8 Å². The molecular formula is C27H22F2N4O4. The number of nitrogens with one attached hydrogen (secondary N) is 1. The fraction of sp³-hybridized carbons (Fsp3) is 0.148. The highest BCUT2D eigenvalue weighted by molar-refractivity contribution is 5.93. The number of ether oxygens (including phenoxy) is 1. The lowest BCUT2D eigenvalue weighted by Gasteiger charge is -2.16. The van der Waals surface area contributed by atoms with E-state index in [4.69, 9.17) is 10.5 Å². The Bertz CT molecular complexity index is 1550. The van der Waals surface area contributed by atoms with E-state index in [1.807, 2.05) is 0 Å². The molecule has 0 saturated carbocycles. The van der Waals surface area contributed by atoms with Crippen LogP contribution in [0.15, 0.2) is 71.9 Å². The number of aromatic nitrogens is 2. The van der Waals surface area contributed by atoms with Crippen molar-refractivity contribution in [2.24, 2.45) is 5.73 Å². The summed E-state index contributed by atoms with van der Waals surface area (Å²) in [4.78, 5) is 29.1. The molecular weight excluding hydrogens is 482 g/mol. The molecule has 0 spiro atoms. The van der Waals surface area contributed by atoms with Crippen LogP contribution >= 0.6 is 0 Å². The van der Waals surface area contributed by atoms with E-state index in [1.165, 1.54) is 53.4 Å². The van der Waals surface area contributed by atoms with Crippen molar-refractivity contribution in [3.05, 3.63) is 100 Å². The number of anilines is 1. The topological polar surface area (TPSA) is 119 Å². The molecule has 4 N–H and O–H groups in total. The van der Waals surface area contributed by atoms with E-state index < -0.39 is 23.0 Å². The molecule has 1 atom stereocenters. The number of benzene rings is 2. The molecule has 0 fully saturated rings. The van der Waals surface area contributed by atoms with Gasteiger partial charge in [-0.2, -0.15) is 0 Å². The van der Waals surface area contributed by atoms with Crippen molar-refractivity contribution in [3.63, 3.8) is 0 Å². The van der Waals surface area contributed by atoms with Crippen molar-refractivity contribution in [1.82, 2.24) is 9.55 Å². The van der Waals surface area contributed by atoms with Gasteiger partial charge in [0.05, 0.1) is 0 Å². The molecule has 10 heteroatoms. The molecule has 1 aliphatic heterocycles.